The van der Waals surface area contributed by atoms with Crippen molar-refractivity contribution in [2.24, 2.45) is 0 Å². The number of para-hydroxylation sites is 1. The molecule has 0 aliphatic carbocycles. The lowest BCUT2D eigenvalue weighted by molar-refractivity contribution is 0.102. The molecule has 5 heteroatoms. The monoisotopic (exact) mass is 400 g/mol. The highest BCUT2D eigenvalue weighted by atomic mass is 16.5. The normalized spacial score (nSPS) is 11.5. The lowest BCUT2D eigenvalue weighted by atomic mass is 9.87. The number of methoxy groups -OCH3 is 1. The van der Waals surface area contributed by atoms with E-state index in [2.05, 4.69) is 31.1 Å². The number of furan rings is 1. The SMILES string of the molecule is COc1ccc(C(C)(C)C)cc1NC(=O)c1cc(-c2ccco2)nc2ccccc12. The third-order valence-corrected chi connectivity index (χ3v) is 5.05. The van der Waals surface area contributed by atoms with Crippen molar-refractivity contribution >= 4 is 22.5 Å². The largest absolute Gasteiger partial charge is 0.495 e. The molecule has 0 saturated carbocycles. The van der Waals surface area contributed by atoms with E-state index in [9.17, 15) is 4.79 Å². The number of benzene rings is 2. The highest BCUT2D eigenvalue weighted by molar-refractivity contribution is 6.13. The van der Waals surface area contributed by atoms with Crippen LogP contribution in [0.1, 0.15) is 36.7 Å². The van der Waals surface area contributed by atoms with Crippen LogP contribution >= 0.6 is 0 Å². The van der Waals surface area contributed by atoms with Crippen LogP contribution in [0.25, 0.3) is 22.4 Å². The molecule has 2 heterocycles. The average Bonchev–Trinajstić information content (AvgIpc) is 3.27. The first-order chi connectivity index (χ1) is 14.4. The Morgan fingerprint density at radius 3 is 2.53 bits per heavy atom. The Bertz CT molecular complexity index is 1210. The number of hydrogen-bond acceptors (Lipinski definition) is 4. The number of pyridine rings is 1. The summed E-state index contributed by atoms with van der Waals surface area (Å²) in [6.45, 7) is 6.39. The smallest absolute Gasteiger partial charge is 0.256 e. The fourth-order valence-electron chi connectivity index (χ4n) is 3.38. The zero-order chi connectivity index (χ0) is 21.3. The van der Waals surface area contributed by atoms with E-state index in [0.29, 0.717) is 28.5 Å². The van der Waals surface area contributed by atoms with Crippen molar-refractivity contribution in [3.8, 4) is 17.2 Å². The van der Waals surface area contributed by atoms with Gasteiger partial charge in [-0.05, 0) is 47.4 Å². The summed E-state index contributed by atoms with van der Waals surface area (Å²) in [7, 11) is 1.60. The Hall–Kier alpha value is -3.60. The number of nitrogens with zero attached hydrogens (tertiary/aromatic N) is 1. The summed E-state index contributed by atoms with van der Waals surface area (Å²) < 4.78 is 11.0. The van der Waals surface area contributed by atoms with E-state index in [1.54, 1.807) is 25.5 Å². The lowest BCUT2D eigenvalue weighted by Gasteiger charge is -2.21. The minimum Gasteiger partial charge on any atom is -0.495 e. The zero-order valence-electron chi connectivity index (χ0n) is 17.5. The predicted octanol–water partition coefficient (Wildman–Crippen LogP) is 6.05. The van der Waals surface area contributed by atoms with E-state index >= 15 is 0 Å². The summed E-state index contributed by atoms with van der Waals surface area (Å²) in [5.41, 5.74) is 3.55. The first-order valence-corrected chi connectivity index (χ1v) is 9.80. The van der Waals surface area contributed by atoms with Gasteiger partial charge in [-0.1, -0.05) is 45.0 Å². The third kappa shape index (κ3) is 3.79. The van der Waals surface area contributed by atoms with E-state index < -0.39 is 0 Å². The molecule has 0 aliphatic rings. The van der Waals surface area contributed by atoms with Gasteiger partial charge in [0, 0.05) is 5.39 Å². The Kier molecular flexibility index (Phi) is 5.04. The van der Waals surface area contributed by atoms with E-state index in [1.807, 2.05) is 48.5 Å². The first kappa shape index (κ1) is 19.7. The van der Waals surface area contributed by atoms with E-state index in [1.165, 1.54) is 0 Å². The second-order valence-corrected chi connectivity index (χ2v) is 8.17. The van der Waals surface area contributed by atoms with E-state index in [-0.39, 0.29) is 11.3 Å². The quantitative estimate of drug-likeness (QED) is 0.453. The number of hydrogen-bond donors (Lipinski definition) is 1. The molecule has 5 nitrogen and oxygen atoms in total. The molecule has 0 aliphatic heterocycles. The Labute approximate surface area is 175 Å². The van der Waals surface area contributed by atoms with E-state index in [0.717, 1.165) is 16.5 Å². The number of rotatable bonds is 4. The van der Waals surface area contributed by atoms with Crippen molar-refractivity contribution in [1.82, 2.24) is 4.98 Å². The zero-order valence-corrected chi connectivity index (χ0v) is 17.5. The summed E-state index contributed by atoms with van der Waals surface area (Å²) in [6.07, 6.45) is 1.59. The molecular formula is C25H24N2O3. The van der Waals surface area contributed by atoms with Gasteiger partial charge in [-0.3, -0.25) is 4.79 Å². The van der Waals surface area contributed by atoms with Crippen LogP contribution in [0.5, 0.6) is 5.75 Å². The molecule has 0 atom stereocenters. The van der Waals surface area contributed by atoms with Gasteiger partial charge in [0.05, 0.1) is 30.1 Å². The summed E-state index contributed by atoms with van der Waals surface area (Å²) in [5.74, 6) is 0.994. The van der Waals surface area contributed by atoms with Crippen molar-refractivity contribution in [1.29, 1.82) is 0 Å². The minimum absolute atomic E-state index is 0.0540. The van der Waals surface area contributed by atoms with Gasteiger partial charge in [0.25, 0.3) is 5.91 Å². The summed E-state index contributed by atoms with van der Waals surface area (Å²) in [5, 5.41) is 3.81. The minimum atomic E-state index is -0.231. The molecular weight excluding hydrogens is 376 g/mol. The predicted molar refractivity (Wildman–Crippen MR) is 119 cm³/mol. The first-order valence-electron chi connectivity index (χ1n) is 9.80. The summed E-state index contributed by atoms with van der Waals surface area (Å²) in [4.78, 5) is 18.0. The molecule has 2 aromatic heterocycles. The molecule has 2 aromatic carbocycles. The third-order valence-electron chi connectivity index (χ3n) is 5.05. The van der Waals surface area contributed by atoms with Crippen LogP contribution < -0.4 is 10.1 Å². The highest BCUT2D eigenvalue weighted by Gasteiger charge is 2.19. The second-order valence-electron chi connectivity index (χ2n) is 8.17. The summed E-state index contributed by atoms with van der Waals surface area (Å²) in [6, 6.07) is 18.8. The molecule has 30 heavy (non-hydrogen) atoms. The number of fused-ring (bicyclic) bond motifs is 1. The molecule has 0 unspecified atom stereocenters. The van der Waals surface area contributed by atoms with E-state index in [4.69, 9.17) is 9.15 Å². The van der Waals surface area contributed by atoms with Crippen LogP contribution in [-0.2, 0) is 5.41 Å². The Morgan fingerprint density at radius 2 is 1.83 bits per heavy atom. The van der Waals surface area contributed by atoms with Gasteiger partial charge in [-0.15, -0.1) is 0 Å². The van der Waals surface area contributed by atoms with Crippen molar-refractivity contribution in [3.05, 3.63) is 78.1 Å². The molecule has 1 N–H and O–H groups in total. The highest BCUT2D eigenvalue weighted by Crippen LogP contribution is 2.32. The average molecular weight is 400 g/mol. The fourth-order valence-corrected chi connectivity index (χ4v) is 3.38. The number of ether oxygens (including phenoxy) is 1. The van der Waals surface area contributed by atoms with Crippen molar-refractivity contribution < 1.29 is 13.9 Å². The number of carbonyl (C=O) groups is 1. The van der Waals surface area contributed by atoms with Crippen molar-refractivity contribution in [2.75, 3.05) is 12.4 Å². The molecule has 1 amide bonds. The van der Waals surface area contributed by atoms with Crippen LogP contribution in [-0.4, -0.2) is 18.0 Å². The standard InChI is InChI=1S/C25H24N2O3/c1-25(2,3)16-11-12-22(29-4)20(14-16)27-24(28)18-15-21(23-10-7-13-30-23)26-19-9-6-5-8-17(18)19/h5-15H,1-4H3,(H,27,28). The number of aromatic nitrogens is 1. The van der Waals surface area contributed by atoms with Gasteiger partial charge in [0.1, 0.15) is 11.4 Å². The maximum absolute atomic E-state index is 13.4. The molecule has 0 bridgehead atoms. The van der Waals surface area contributed by atoms with Crippen LogP contribution in [0, 0.1) is 0 Å². The van der Waals surface area contributed by atoms with Crippen molar-refractivity contribution in [2.45, 2.75) is 26.2 Å². The second kappa shape index (κ2) is 7.67. The van der Waals surface area contributed by atoms with Crippen molar-refractivity contribution in [3.63, 3.8) is 0 Å². The van der Waals surface area contributed by atoms with Gasteiger partial charge in [-0.2, -0.15) is 0 Å². The molecule has 4 aromatic rings. The lowest BCUT2D eigenvalue weighted by Crippen LogP contribution is -2.16. The van der Waals surface area contributed by atoms with Gasteiger partial charge >= 0.3 is 0 Å². The Morgan fingerprint density at radius 1 is 1.03 bits per heavy atom. The van der Waals surface area contributed by atoms with Crippen LogP contribution in [0.15, 0.2) is 71.3 Å². The van der Waals surface area contributed by atoms with Gasteiger partial charge in [0.2, 0.25) is 0 Å². The summed E-state index contributed by atoms with van der Waals surface area (Å²) >= 11 is 0. The molecule has 0 spiro atoms. The molecule has 0 radical (unpaired) electrons. The maximum atomic E-state index is 13.4. The number of carbonyl (C=O) groups excluding carboxylic acids is 1. The van der Waals surface area contributed by atoms with Gasteiger partial charge in [0.15, 0.2) is 5.76 Å². The number of anilines is 1. The van der Waals surface area contributed by atoms with Gasteiger partial charge in [-0.25, -0.2) is 4.98 Å². The van der Waals surface area contributed by atoms with Crippen LogP contribution in [0.3, 0.4) is 0 Å². The van der Waals surface area contributed by atoms with Gasteiger partial charge < -0.3 is 14.5 Å². The van der Waals surface area contributed by atoms with Crippen LogP contribution in [0.4, 0.5) is 5.69 Å². The number of amides is 1. The van der Waals surface area contributed by atoms with Crippen LogP contribution in [0.2, 0.25) is 0 Å². The molecule has 152 valence electrons. The number of nitrogens with one attached hydrogen (secondary N) is 1. The molecule has 0 saturated heterocycles. The fraction of sp³-hybridized carbons (Fsp3) is 0.200. The Balaban J connectivity index is 1.79. The molecule has 4 rings (SSSR count). The topological polar surface area (TPSA) is 64.4 Å². The molecule has 0 fully saturated rings. The maximum Gasteiger partial charge on any atom is 0.256 e.